The third-order valence-corrected chi connectivity index (χ3v) is 6.27. The number of anilines is 2. The smallest absolute Gasteiger partial charge is 0.349 e. The van der Waals surface area contributed by atoms with Gasteiger partial charge in [-0.2, -0.15) is 13.4 Å². The van der Waals surface area contributed by atoms with Crippen molar-refractivity contribution in [3.05, 3.63) is 101 Å². The number of hydrogen-bond donors (Lipinski definition) is 2. The summed E-state index contributed by atoms with van der Waals surface area (Å²) >= 11 is 0. The molecule has 1 heterocycles. The zero-order chi connectivity index (χ0) is 26.4. The minimum absolute atomic E-state index is 0.0847. The molecule has 3 N–H and O–H groups in total. The molecule has 0 radical (unpaired) electrons. The standard InChI is InChI=1S/C26H23FN4O5S/c27-37(34,35)22-13-9-19(10-14-22)25(32)29-20-11-7-18(8-12-20)23-17-31(26(33)30-24(23)28)15-4-16-36-21-5-2-1-3-6-21/h1-3,5-14,17H,4,15-16H2,(H,29,32)(H2,28,30,33). The summed E-state index contributed by atoms with van der Waals surface area (Å²) in [6, 6.07) is 20.6. The number of aromatic nitrogens is 2. The number of aryl methyl sites for hydroxylation is 1. The maximum absolute atomic E-state index is 13.0. The van der Waals surface area contributed by atoms with Crippen LogP contribution in [0, 0.1) is 0 Å². The fraction of sp³-hybridized carbons (Fsp3) is 0.115. The van der Waals surface area contributed by atoms with Gasteiger partial charge in [0.1, 0.15) is 11.6 Å². The Hall–Kier alpha value is -4.51. The van der Waals surface area contributed by atoms with Gasteiger partial charge in [0.15, 0.2) is 0 Å². The molecule has 9 nitrogen and oxygen atoms in total. The SMILES string of the molecule is Nc1nc(=O)n(CCCOc2ccccc2)cc1-c1ccc(NC(=O)c2ccc(S(=O)(=O)F)cc2)cc1. The second-order valence-electron chi connectivity index (χ2n) is 8.02. The van der Waals surface area contributed by atoms with E-state index in [9.17, 15) is 21.9 Å². The first-order valence-electron chi connectivity index (χ1n) is 11.2. The first-order valence-corrected chi connectivity index (χ1v) is 12.6. The number of nitrogens with zero attached hydrogens (tertiary/aromatic N) is 2. The number of rotatable bonds is 9. The van der Waals surface area contributed by atoms with Gasteiger partial charge in [0.2, 0.25) is 0 Å². The van der Waals surface area contributed by atoms with Crippen LogP contribution < -0.4 is 21.5 Å². The van der Waals surface area contributed by atoms with Crippen LogP contribution in [0.3, 0.4) is 0 Å². The molecule has 0 aliphatic heterocycles. The molecule has 0 bridgehead atoms. The molecule has 0 aliphatic rings. The van der Waals surface area contributed by atoms with E-state index in [1.54, 1.807) is 30.5 Å². The van der Waals surface area contributed by atoms with Gasteiger partial charge in [0, 0.05) is 29.6 Å². The van der Waals surface area contributed by atoms with E-state index in [1.165, 1.54) is 16.7 Å². The van der Waals surface area contributed by atoms with E-state index in [0.717, 1.165) is 17.9 Å². The minimum Gasteiger partial charge on any atom is -0.494 e. The van der Waals surface area contributed by atoms with Crippen LogP contribution in [0.5, 0.6) is 5.75 Å². The topological polar surface area (TPSA) is 133 Å². The lowest BCUT2D eigenvalue weighted by atomic mass is 10.1. The van der Waals surface area contributed by atoms with Crippen molar-refractivity contribution >= 4 is 27.6 Å². The van der Waals surface area contributed by atoms with Crippen molar-refractivity contribution in [3.8, 4) is 16.9 Å². The highest BCUT2D eigenvalue weighted by Gasteiger charge is 2.14. The average Bonchev–Trinajstić information content (AvgIpc) is 2.88. The van der Waals surface area contributed by atoms with Crippen LogP contribution in [0.4, 0.5) is 15.4 Å². The number of hydrogen-bond acceptors (Lipinski definition) is 7. The fourth-order valence-electron chi connectivity index (χ4n) is 3.53. The van der Waals surface area contributed by atoms with Gasteiger partial charge in [-0.15, -0.1) is 3.89 Å². The zero-order valence-corrected chi connectivity index (χ0v) is 20.3. The third-order valence-electron chi connectivity index (χ3n) is 5.43. The Morgan fingerprint density at radius 3 is 2.32 bits per heavy atom. The molecule has 190 valence electrons. The summed E-state index contributed by atoms with van der Waals surface area (Å²) in [5.41, 5.74) is 7.42. The Balaban J connectivity index is 1.41. The highest BCUT2D eigenvalue weighted by molar-refractivity contribution is 7.86. The molecule has 0 spiro atoms. The second kappa shape index (κ2) is 11.0. The largest absolute Gasteiger partial charge is 0.494 e. The summed E-state index contributed by atoms with van der Waals surface area (Å²) in [7, 11) is -4.84. The number of benzene rings is 3. The van der Waals surface area contributed by atoms with Crippen molar-refractivity contribution in [2.45, 2.75) is 17.9 Å². The molecule has 1 amide bonds. The van der Waals surface area contributed by atoms with Crippen LogP contribution in [0.15, 0.2) is 94.7 Å². The highest BCUT2D eigenvalue weighted by atomic mass is 32.3. The van der Waals surface area contributed by atoms with Crippen LogP contribution in [-0.4, -0.2) is 30.5 Å². The van der Waals surface area contributed by atoms with E-state index in [-0.39, 0.29) is 11.4 Å². The number of carbonyl (C=O) groups excluding carboxylic acids is 1. The Morgan fingerprint density at radius 2 is 1.68 bits per heavy atom. The van der Waals surface area contributed by atoms with Gasteiger partial charge in [-0.25, -0.2) is 4.79 Å². The van der Waals surface area contributed by atoms with Crippen molar-refractivity contribution in [3.63, 3.8) is 0 Å². The molecule has 37 heavy (non-hydrogen) atoms. The summed E-state index contributed by atoms with van der Waals surface area (Å²) < 4.78 is 42.0. The molecular formula is C26H23FN4O5S. The number of amides is 1. The average molecular weight is 523 g/mol. The van der Waals surface area contributed by atoms with Crippen LogP contribution >= 0.6 is 0 Å². The fourth-order valence-corrected chi connectivity index (χ4v) is 4.00. The molecule has 0 atom stereocenters. The van der Waals surface area contributed by atoms with Gasteiger partial charge in [-0.05, 0) is 60.5 Å². The summed E-state index contributed by atoms with van der Waals surface area (Å²) in [4.78, 5) is 28.2. The molecule has 0 saturated heterocycles. The van der Waals surface area contributed by atoms with E-state index < -0.39 is 26.7 Å². The molecular weight excluding hydrogens is 499 g/mol. The van der Waals surface area contributed by atoms with E-state index in [1.807, 2.05) is 30.3 Å². The summed E-state index contributed by atoms with van der Waals surface area (Å²) in [5.74, 6) is 0.340. The van der Waals surface area contributed by atoms with Crippen molar-refractivity contribution in [2.75, 3.05) is 17.7 Å². The number of halogens is 1. The summed E-state index contributed by atoms with van der Waals surface area (Å²) in [6.07, 6.45) is 2.23. The molecule has 1 aromatic heterocycles. The van der Waals surface area contributed by atoms with Gasteiger partial charge in [-0.1, -0.05) is 30.3 Å². The molecule has 0 saturated carbocycles. The van der Waals surface area contributed by atoms with Crippen LogP contribution in [0.2, 0.25) is 0 Å². The number of ether oxygens (including phenoxy) is 1. The second-order valence-corrected chi connectivity index (χ2v) is 9.37. The Morgan fingerprint density at radius 1 is 1.00 bits per heavy atom. The van der Waals surface area contributed by atoms with Crippen molar-refractivity contribution < 1.29 is 21.8 Å². The minimum atomic E-state index is -4.84. The normalized spacial score (nSPS) is 11.2. The Labute approximate surface area is 212 Å². The molecule has 4 aromatic rings. The highest BCUT2D eigenvalue weighted by Crippen LogP contribution is 2.25. The number of nitrogen functional groups attached to an aromatic ring is 1. The van der Waals surface area contributed by atoms with Gasteiger partial charge >= 0.3 is 15.9 Å². The molecule has 0 aliphatic carbocycles. The quantitative estimate of drug-likeness (QED) is 0.252. The number of para-hydroxylation sites is 1. The van der Waals surface area contributed by atoms with Gasteiger partial charge < -0.3 is 15.8 Å². The lowest BCUT2D eigenvalue weighted by Gasteiger charge is -2.12. The molecule has 4 rings (SSSR count). The monoisotopic (exact) mass is 522 g/mol. The Bertz CT molecular complexity index is 1560. The summed E-state index contributed by atoms with van der Waals surface area (Å²) in [6.45, 7) is 0.819. The van der Waals surface area contributed by atoms with Crippen molar-refractivity contribution in [1.29, 1.82) is 0 Å². The third kappa shape index (κ3) is 6.58. The van der Waals surface area contributed by atoms with Crippen LogP contribution in [0.1, 0.15) is 16.8 Å². The first kappa shape index (κ1) is 25.6. The predicted molar refractivity (Wildman–Crippen MR) is 138 cm³/mol. The van der Waals surface area contributed by atoms with Gasteiger partial charge in [0.05, 0.1) is 11.5 Å². The van der Waals surface area contributed by atoms with Crippen molar-refractivity contribution in [1.82, 2.24) is 9.55 Å². The number of nitrogens with two attached hydrogens (primary N) is 1. The molecule has 11 heteroatoms. The summed E-state index contributed by atoms with van der Waals surface area (Å²) in [5, 5.41) is 2.68. The van der Waals surface area contributed by atoms with E-state index in [2.05, 4.69) is 10.3 Å². The van der Waals surface area contributed by atoms with E-state index in [4.69, 9.17) is 10.5 Å². The van der Waals surface area contributed by atoms with E-state index >= 15 is 0 Å². The van der Waals surface area contributed by atoms with Gasteiger partial charge in [-0.3, -0.25) is 9.36 Å². The van der Waals surface area contributed by atoms with Crippen LogP contribution in [-0.2, 0) is 16.8 Å². The Kier molecular flexibility index (Phi) is 7.63. The molecule has 0 fully saturated rings. The molecule has 3 aromatic carbocycles. The zero-order valence-electron chi connectivity index (χ0n) is 19.5. The lowest BCUT2D eigenvalue weighted by Crippen LogP contribution is -2.25. The van der Waals surface area contributed by atoms with Crippen LogP contribution in [0.25, 0.3) is 11.1 Å². The lowest BCUT2D eigenvalue weighted by molar-refractivity contribution is 0.102. The number of nitrogens with one attached hydrogen (secondary N) is 1. The number of carbonyl (C=O) groups is 1. The van der Waals surface area contributed by atoms with Gasteiger partial charge in [0.25, 0.3) is 5.91 Å². The van der Waals surface area contributed by atoms with E-state index in [0.29, 0.717) is 36.4 Å². The van der Waals surface area contributed by atoms with Crippen molar-refractivity contribution in [2.24, 2.45) is 0 Å². The maximum atomic E-state index is 13.0. The maximum Gasteiger partial charge on any atom is 0.349 e. The first-order chi connectivity index (χ1) is 17.7. The predicted octanol–water partition coefficient (Wildman–Crippen LogP) is 3.87. The molecule has 0 unspecified atom stereocenters.